The second kappa shape index (κ2) is 5.98. The third kappa shape index (κ3) is 2.55. The van der Waals surface area contributed by atoms with Crippen molar-refractivity contribution in [3.8, 4) is 11.8 Å². The quantitative estimate of drug-likeness (QED) is 0.449. The molecule has 1 unspecified atom stereocenters. The fourth-order valence-electron chi connectivity index (χ4n) is 2.08. The van der Waals surface area contributed by atoms with Crippen molar-refractivity contribution in [2.45, 2.75) is 24.0 Å². The zero-order valence-electron chi connectivity index (χ0n) is 12.9. The van der Waals surface area contributed by atoms with Gasteiger partial charge in [-0.3, -0.25) is 14.3 Å². The van der Waals surface area contributed by atoms with Gasteiger partial charge < -0.3 is 20.7 Å². The van der Waals surface area contributed by atoms with Gasteiger partial charge in [-0.15, -0.1) is 0 Å². The van der Waals surface area contributed by atoms with Gasteiger partial charge in [-0.05, 0) is 0 Å². The first-order valence-corrected chi connectivity index (χ1v) is 5.94. The number of nitrogens with zero attached hydrogens (tertiary/aromatic N) is 1. The summed E-state index contributed by atoms with van der Waals surface area (Å²) in [6.07, 6.45) is -5.35. The zero-order chi connectivity index (χ0) is 18.3. The maximum absolute atomic E-state index is 13.5. The van der Waals surface area contributed by atoms with E-state index in [0.29, 0.717) is 10.8 Å². The highest BCUT2D eigenvalue weighted by Crippen LogP contribution is 2.35. The number of rotatable bonds is 2. The molecule has 0 aliphatic carbocycles. The molecule has 0 aromatic carbocycles. The lowest BCUT2D eigenvalue weighted by molar-refractivity contribution is -0.0480. The number of aliphatic hydroxyl groups is 2. The van der Waals surface area contributed by atoms with E-state index in [4.69, 9.17) is 13.2 Å². The summed E-state index contributed by atoms with van der Waals surface area (Å²) in [6, 6.07) is 0. The predicted octanol–water partition coefficient (Wildman–Crippen LogP) is -2.40. The van der Waals surface area contributed by atoms with Gasteiger partial charge >= 0.3 is 5.69 Å². The van der Waals surface area contributed by atoms with E-state index in [1.54, 1.807) is 4.98 Å². The maximum atomic E-state index is 13.5. The molecule has 0 saturated carbocycles. The molecule has 2 heterocycles. The van der Waals surface area contributed by atoms with Crippen LogP contribution >= 0.6 is 0 Å². The van der Waals surface area contributed by atoms with Crippen molar-refractivity contribution >= 4 is 0 Å². The van der Waals surface area contributed by atoms with Crippen LogP contribution in [-0.2, 0) is 4.74 Å². The van der Waals surface area contributed by atoms with Gasteiger partial charge in [0, 0.05) is 0 Å². The Hall–Kier alpha value is -2.06. The summed E-state index contributed by atoms with van der Waals surface area (Å²) in [5, 5.41) is 19.6. The number of alkyl halides is 1. The number of nitrogens with two attached hydrogens (primary N) is 1. The van der Waals surface area contributed by atoms with Crippen molar-refractivity contribution < 1.29 is 26.5 Å². The Bertz CT molecular complexity index is 812. The Balaban J connectivity index is 2.64. The fraction of sp³-hybridized carbons (Fsp3) is 0.500. The topological polar surface area (TPSA) is 131 Å². The van der Waals surface area contributed by atoms with Gasteiger partial charge in [-0.1, -0.05) is 11.8 Å². The molecular weight excluding hydrogens is 304 g/mol. The van der Waals surface area contributed by atoms with Crippen molar-refractivity contribution in [2.75, 3.05) is 13.2 Å². The van der Waals surface area contributed by atoms with E-state index in [2.05, 4.69) is 5.92 Å². The monoisotopic (exact) mass is 319 g/mol. The summed E-state index contributed by atoms with van der Waals surface area (Å²) < 4.78 is 45.8. The molecule has 5 N–H and O–H groups in total. The van der Waals surface area contributed by atoms with E-state index < -0.39 is 54.3 Å². The highest BCUT2D eigenvalue weighted by Gasteiger charge is 2.54. The molecule has 0 spiro atoms. The summed E-state index contributed by atoms with van der Waals surface area (Å²) in [7, 11) is 0. The first kappa shape index (κ1) is 13.6. The average Bonchev–Trinajstić information content (AvgIpc) is 2.74. The number of ether oxygens (including phenoxy) is 1. The molecule has 1 saturated heterocycles. The summed E-state index contributed by atoms with van der Waals surface area (Å²) in [5.74, 6) is 2.62. The molecule has 8 nitrogen and oxygen atoms in total. The van der Waals surface area contributed by atoms with Crippen LogP contribution in [0.3, 0.4) is 0 Å². The molecule has 0 bridgehead atoms. The largest absolute Gasteiger partial charge is 0.394 e. The van der Waals surface area contributed by atoms with Gasteiger partial charge in [0.05, 0.1) is 15.5 Å². The van der Waals surface area contributed by atoms with E-state index in [-0.39, 0.29) is 0 Å². The normalized spacial score (nSPS) is 32.9. The molecule has 1 aliphatic rings. The number of hydrogen-bond acceptors (Lipinski definition) is 6. The fourth-order valence-corrected chi connectivity index (χ4v) is 2.08. The molecule has 4 atom stereocenters. The smallest absolute Gasteiger partial charge is 0.330 e. The van der Waals surface area contributed by atoms with Crippen LogP contribution in [-0.4, -0.2) is 50.7 Å². The lowest BCUT2D eigenvalue weighted by atomic mass is 9.91. The Labute approximate surface area is 124 Å². The number of halogens is 2. The number of aromatic amines is 1. The minimum atomic E-state index is -3.10. The summed E-state index contributed by atoms with van der Waals surface area (Å²) in [4.78, 5) is 24.6. The number of H-pyrrole nitrogens is 1. The van der Waals surface area contributed by atoms with Crippen LogP contribution in [0, 0.1) is 17.7 Å². The summed E-state index contributed by atoms with van der Waals surface area (Å²) in [6.45, 7) is -4.27. The molecule has 10 heteroatoms. The van der Waals surface area contributed by atoms with Crippen molar-refractivity contribution in [2.24, 2.45) is 5.73 Å². The highest BCUT2D eigenvalue weighted by molar-refractivity contribution is 5.26. The molecule has 1 aliphatic heterocycles. The van der Waals surface area contributed by atoms with Crippen LogP contribution in [0.4, 0.5) is 8.78 Å². The Morgan fingerprint density at radius 1 is 1.64 bits per heavy atom. The van der Waals surface area contributed by atoms with Crippen LogP contribution in [0.2, 0.25) is 0 Å². The average molecular weight is 319 g/mol. The standard InChI is InChI=1S/C12H13F2N3O5/c13-3-1-2-12(15)8(19)7(5-18)22-10(12)17-4-6(14)9(20)16-11(17)21/h4,7-8,10,18-19H,3,5,15H2,(H,16,20,21)/t7-,8+,10-,12?/m1/s1/i5D2. The van der Waals surface area contributed by atoms with Crippen molar-refractivity contribution in [3.63, 3.8) is 0 Å². The van der Waals surface area contributed by atoms with E-state index >= 15 is 0 Å². The Morgan fingerprint density at radius 3 is 2.91 bits per heavy atom. The highest BCUT2D eigenvalue weighted by atomic mass is 19.1. The summed E-state index contributed by atoms with van der Waals surface area (Å²) >= 11 is 0. The second-order valence-electron chi connectivity index (χ2n) is 4.49. The lowest BCUT2D eigenvalue weighted by Gasteiger charge is -2.27. The van der Waals surface area contributed by atoms with Gasteiger partial charge in [0.1, 0.15) is 18.9 Å². The van der Waals surface area contributed by atoms with Gasteiger partial charge in [-0.2, -0.15) is 4.39 Å². The molecule has 0 amide bonds. The third-order valence-corrected chi connectivity index (χ3v) is 3.14. The van der Waals surface area contributed by atoms with Crippen LogP contribution < -0.4 is 17.0 Å². The Kier molecular flexibility index (Phi) is 3.69. The minimum absolute atomic E-state index is 0.423. The van der Waals surface area contributed by atoms with Gasteiger partial charge in [0.2, 0.25) is 5.82 Å². The van der Waals surface area contributed by atoms with E-state index in [0.717, 1.165) is 0 Å². The van der Waals surface area contributed by atoms with Gasteiger partial charge in [-0.25, -0.2) is 9.18 Å². The first-order chi connectivity index (χ1) is 11.0. The molecule has 2 rings (SSSR count). The molecular formula is C12H13F2N3O5. The van der Waals surface area contributed by atoms with Gasteiger partial charge in [0.15, 0.2) is 11.8 Å². The van der Waals surface area contributed by atoms with E-state index in [1.807, 2.05) is 5.92 Å². The van der Waals surface area contributed by atoms with Crippen molar-refractivity contribution in [1.29, 1.82) is 0 Å². The van der Waals surface area contributed by atoms with E-state index in [1.165, 1.54) is 0 Å². The maximum Gasteiger partial charge on any atom is 0.330 e. The Morgan fingerprint density at radius 2 is 2.32 bits per heavy atom. The summed E-state index contributed by atoms with van der Waals surface area (Å²) in [5.41, 5.74) is 1.08. The predicted molar refractivity (Wildman–Crippen MR) is 69.0 cm³/mol. The van der Waals surface area contributed by atoms with Crippen LogP contribution in [0.15, 0.2) is 15.8 Å². The molecule has 1 aromatic rings. The second-order valence-corrected chi connectivity index (χ2v) is 4.49. The number of aromatic nitrogens is 2. The minimum Gasteiger partial charge on any atom is -0.394 e. The molecule has 0 radical (unpaired) electrons. The van der Waals surface area contributed by atoms with Crippen LogP contribution in [0.25, 0.3) is 0 Å². The molecule has 22 heavy (non-hydrogen) atoms. The number of aliphatic hydroxyl groups excluding tert-OH is 1. The third-order valence-electron chi connectivity index (χ3n) is 3.14. The van der Waals surface area contributed by atoms with E-state index in [9.17, 15) is 28.6 Å². The SMILES string of the molecule is [2H]C([2H])(O)[C@H]1O[C@@H](n2cc(F)c(=O)[nH]c2=O)C(N)(C#CCF)[C@H]1O. The van der Waals surface area contributed by atoms with Gasteiger partial charge in [0.25, 0.3) is 5.56 Å². The molecule has 120 valence electrons. The van der Waals surface area contributed by atoms with Crippen LogP contribution in [0.5, 0.6) is 0 Å². The zero-order valence-corrected chi connectivity index (χ0v) is 10.9. The molecule has 1 aromatic heterocycles. The molecule has 1 fully saturated rings. The number of hydrogen-bond donors (Lipinski definition) is 4. The van der Waals surface area contributed by atoms with Crippen LogP contribution in [0.1, 0.15) is 8.97 Å². The lowest BCUT2D eigenvalue weighted by Crippen LogP contribution is -2.55. The van der Waals surface area contributed by atoms with Crippen molar-refractivity contribution in [3.05, 3.63) is 32.9 Å². The van der Waals surface area contributed by atoms with Crippen molar-refractivity contribution in [1.82, 2.24) is 9.55 Å². The first-order valence-electron chi connectivity index (χ1n) is 6.94. The number of nitrogens with one attached hydrogen (secondary N) is 1.